The normalized spacial score (nSPS) is 11.8. The Labute approximate surface area is 168 Å². The van der Waals surface area contributed by atoms with E-state index >= 15 is 0 Å². The zero-order valence-corrected chi connectivity index (χ0v) is 16.4. The standard InChI is InChI=1S/C27H20NO/c1-17-19-10-5-6-12-21(19)25-22-13-7-8-14-23(22)29-27(25)24(17)26-20-11-4-3-9-18(20)15-16-28(26)2/h3-16H,1-2H3/q+1. The average Bonchev–Trinajstić information content (AvgIpc) is 3.14. The summed E-state index contributed by atoms with van der Waals surface area (Å²) in [6, 6.07) is 27.8. The van der Waals surface area contributed by atoms with Gasteiger partial charge in [0, 0.05) is 16.8 Å². The number of hydrogen-bond acceptors (Lipinski definition) is 1. The molecule has 0 aliphatic carbocycles. The Hall–Kier alpha value is -3.65. The molecule has 0 radical (unpaired) electrons. The zero-order chi connectivity index (χ0) is 19.5. The van der Waals surface area contributed by atoms with Gasteiger partial charge in [-0.25, -0.2) is 4.57 Å². The molecular weight excluding hydrogens is 354 g/mol. The van der Waals surface area contributed by atoms with Gasteiger partial charge in [-0.15, -0.1) is 0 Å². The number of nitrogens with zero attached hydrogens (tertiary/aromatic N) is 1. The van der Waals surface area contributed by atoms with Gasteiger partial charge >= 0.3 is 0 Å². The van der Waals surface area contributed by atoms with Gasteiger partial charge in [-0.2, -0.15) is 0 Å². The van der Waals surface area contributed by atoms with Crippen molar-refractivity contribution in [3.63, 3.8) is 0 Å². The zero-order valence-electron chi connectivity index (χ0n) is 16.4. The lowest BCUT2D eigenvalue weighted by molar-refractivity contribution is -0.659. The van der Waals surface area contributed by atoms with E-state index in [0.29, 0.717) is 0 Å². The monoisotopic (exact) mass is 374 g/mol. The van der Waals surface area contributed by atoms with Crippen LogP contribution in [-0.4, -0.2) is 0 Å². The van der Waals surface area contributed by atoms with Crippen LogP contribution in [0.25, 0.3) is 54.7 Å². The summed E-state index contributed by atoms with van der Waals surface area (Å²) >= 11 is 0. The van der Waals surface area contributed by atoms with Gasteiger partial charge in [0.25, 0.3) is 0 Å². The highest BCUT2D eigenvalue weighted by atomic mass is 16.3. The molecule has 6 rings (SSSR count). The molecule has 138 valence electrons. The molecule has 0 N–H and O–H groups in total. The fraction of sp³-hybridized carbons (Fsp3) is 0.0741. The maximum absolute atomic E-state index is 6.52. The first-order chi connectivity index (χ1) is 14.2. The lowest BCUT2D eigenvalue weighted by Gasteiger charge is -2.12. The Morgan fingerprint density at radius 2 is 1.34 bits per heavy atom. The van der Waals surface area contributed by atoms with Crippen molar-refractivity contribution in [2.24, 2.45) is 7.05 Å². The predicted molar refractivity (Wildman–Crippen MR) is 120 cm³/mol. The largest absolute Gasteiger partial charge is 0.455 e. The molecule has 0 aliphatic rings. The van der Waals surface area contributed by atoms with Crippen LogP contribution in [0.4, 0.5) is 0 Å². The van der Waals surface area contributed by atoms with E-state index in [9.17, 15) is 0 Å². The van der Waals surface area contributed by atoms with Crippen LogP contribution >= 0.6 is 0 Å². The third-order valence-corrected chi connectivity index (χ3v) is 6.08. The second kappa shape index (κ2) is 5.92. The molecule has 0 fully saturated rings. The lowest BCUT2D eigenvalue weighted by Crippen LogP contribution is -2.30. The molecule has 0 atom stereocenters. The molecule has 0 saturated heterocycles. The van der Waals surface area contributed by atoms with Crippen molar-refractivity contribution in [2.75, 3.05) is 0 Å². The molecule has 2 nitrogen and oxygen atoms in total. The summed E-state index contributed by atoms with van der Waals surface area (Å²) in [4.78, 5) is 0. The molecule has 0 spiro atoms. The van der Waals surface area contributed by atoms with Crippen LogP contribution in [0, 0.1) is 6.92 Å². The number of benzene rings is 4. The highest BCUT2D eigenvalue weighted by Crippen LogP contribution is 2.43. The topological polar surface area (TPSA) is 17.0 Å². The van der Waals surface area contributed by atoms with Gasteiger partial charge in [0.05, 0.1) is 10.9 Å². The van der Waals surface area contributed by atoms with E-state index in [2.05, 4.69) is 97.5 Å². The number of rotatable bonds is 1. The number of fused-ring (bicyclic) bond motifs is 6. The van der Waals surface area contributed by atoms with Gasteiger partial charge in [-0.05, 0) is 40.8 Å². The Morgan fingerprint density at radius 3 is 2.17 bits per heavy atom. The van der Waals surface area contributed by atoms with E-state index in [1.54, 1.807) is 0 Å². The molecule has 2 heterocycles. The molecule has 0 bridgehead atoms. The molecule has 2 heteroatoms. The first-order valence-electron chi connectivity index (χ1n) is 9.94. The highest BCUT2D eigenvalue weighted by molar-refractivity contribution is 6.24. The number of furan rings is 1. The van der Waals surface area contributed by atoms with Gasteiger partial charge in [0.15, 0.2) is 6.20 Å². The number of pyridine rings is 1. The fourth-order valence-electron chi connectivity index (χ4n) is 4.73. The predicted octanol–water partition coefficient (Wildman–Crippen LogP) is 6.69. The van der Waals surface area contributed by atoms with Crippen LogP contribution < -0.4 is 4.57 Å². The number of para-hydroxylation sites is 1. The van der Waals surface area contributed by atoms with Crippen molar-refractivity contribution in [1.29, 1.82) is 0 Å². The smallest absolute Gasteiger partial charge is 0.224 e. The Bertz CT molecular complexity index is 1570. The van der Waals surface area contributed by atoms with Crippen molar-refractivity contribution in [3.05, 3.63) is 90.6 Å². The number of hydrogen-bond donors (Lipinski definition) is 0. The molecule has 4 aromatic carbocycles. The summed E-state index contributed by atoms with van der Waals surface area (Å²) in [5.41, 5.74) is 5.51. The first-order valence-corrected chi connectivity index (χ1v) is 9.94. The van der Waals surface area contributed by atoms with Crippen LogP contribution in [0.5, 0.6) is 0 Å². The van der Waals surface area contributed by atoms with E-state index in [0.717, 1.165) is 11.2 Å². The second-order valence-electron chi connectivity index (χ2n) is 7.71. The molecule has 29 heavy (non-hydrogen) atoms. The Kier molecular flexibility index (Phi) is 3.33. The third-order valence-electron chi connectivity index (χ3n) is 6.08. The highest BCUT2D eigenvalue weighted by Gasteiger charge is 2.25. The quantitative estimate of drug-likeness (QED) is 0.293. The van der Waals surface area contributed by atoms with Crippen molar-refractivity contribution in [1.82, 2.24) is 0 Å². The Balaban J connectivity index is 1.93. The lowest BCUT2D eigenvalue weighted by atomic mass is 9.91. The molecule has 0 saturated carbocycles. The summed E-state index contributed by atoms with van der Waals surface area (Å²) in [6.07, 6.45) is 2.14. The van der Waals surface area contributed by atoms with Gasteiger partial charge < -0.3 is 4.42 Å². The van der Waals surface area contributed by atoms with Gasteiger partial charge in [0.1, 0.15) is 18.2 Å². The molecule has 2 aromatic heterocycles. The van der Waals surface area contributed by atoms with Gasteiger partial charge in [-0.3, -0.25) is 0 Å². The summed E-state index contributed by atoms with van der Waals surface area (Å²) in [6.45, 7) is 2.21. The van der Waals surface area contributed by atoms with Crippen LogP contribution in [0.2, 0.25) is 0 Å². The molecular formula is C27H20NO+. The van der Waals surface area contributed by atoms with Crippen molar-refractivity contribution < 1.29 is 8.98 Å². The van der Waals surface area contributed by atoms with Gasteiger partial charge in [0.2, 0.25) is 5.69 Å². The summed E-state index contributed by atoms with van der Waals surface area (Å²) in [7, 11) is 2.12. The minimum atomic E-state index is 0.933. The third kappa shape index (κ3) is 2.20. The molecule has 6 aromatic rings. The average molecular weight is 374 g/mol. The van der Waals surface area contributed by atoms with Crippen LogP contribution in [-0.2, 0) is 7.05 Å². The minimum Gasteiger partial charge on any atom is -0.455 e. The van der Waals surface area contributed by atoms with E-state index in [-0.39, 0.29) is 0 Å². The minimum absolute atomic E-state index is 0.933. The number of aryl methyl sites for hydroxylation is 2. The summed E-state index contributed by atoms with van der Waals surface area (Å²) in [5, 5.41) is 7.36. The Morgan fingerprint density at radius 1 is 0.690 bits per heavy atom. The van der Waals surface area contributed by atoms with E-state index in [4.69, 9.17) is 4.42 Å². The van der Waals surface area contributed by atoms with E-state index in [1.807, 2.05) is 6.07 Å². The number of aromatic nitrogens is 1. The fourth-order valence-corrected chi connectivity index (χ4v) is 4.73. The summed E-state index contributed by atoms with van der Waals surface area (Å²) in [5.74, 6) is 0. The van der Waals surface area contributed by atoms with Crippen molar-refractivity contribution in [2.45, 2.75) is 6.92 Å². The van der Waals surface area contributed by atoms with E-state index < -0.39 is 0 Å². The SMILES string of the molecule is Cc1c(-c2c3ccccc3cc[n+]2C)c2oc3ccccc3c2c2ccccc12. The summed E-state index contributed by atoms with van der Waals surface area (Å²) < 4.78 is 8.73. The molecule has 0 unspecified atom stereocenters. The molecule has 0 aliphatic heterocycles. The molecule has 0 amide bonds. The van der Waals surface area contributed by atoms with Crippen LogP contribution in [0.1, 0.15) is 5.56 Å². The maximum atomic E-state index is 6.52. The van der Waals surface area contributed by atoms with E-state index in [1.165, 1.54) is 49.1 Å². The maximum Gasteiger partial charge on any atom is 0.224 e. The van der Waals surface area contributed by atoms with Crippen LogP contribution in [0.3, 0.4) is 0 Å². The van der Waals surface area contributed by atoms with Crippen molar-refractivity contribution in [3.8, 4) is 11.3 Å². The second-order valence-corrected chi connectivity index (χ2v) is 7.71. The van der Waals surface area contributed by atoms with Crippen molar-refractivity contribution >= 4 is 43.5 Å². The first kappa shape index (κ1) is 16.3. The van der Waals surface area contributed by atoms with Gasteiger partial charge in [-0.1, -0.05) is 60.7 Å². The van der Waals surface area contributed by atoms with Crippen LogP contribution in [0.15, 0.2) is 89.5 Å².